The zero-order valence-corrected chi connectivity index (χ0v) is 11.2. The van der Waals surface area contributed by atoms with Crippen molar-refractivity contribution >= 4 is 11.7 Å². The van der Waals surface area contributed by atoms with Crippen LogP contribution in [0, 0.1) is 0 Å². The lowest BCUT2D eigenvalue weighted by atomic mass is 10.2. The van der Waals surface area contributed by atoms with Gasteiger partial charge in [-0.1, -0.05) is 12.8 Å². The van der Waals surface area contributed by atoms with Crippen molar-refractivity contribution in [3.05, 3.63) is 17.8 Å². The van der Waals surface area contributed by atoms with E-state index in [-0.39, 0.29) is 5.91 Å². The van der Waals surface area contributed by atoms with Crippen LogP contribution < -0.4 is 10.6 Å². The molecule has 104 valence electrons. The van der Waals surface area contributed by atoms with Crippen LogP contribution >= 0.6 is 0 Å². The van der Waals surface area contributed by atoms with E-state index in [1.807, 2.05) is 0 Å². The molecule has 1 heterocycles. The van der Waals surface area contributed by atoms with Crippen LogP contribution in [0.3, 0.4) is 0 Å². The molecule has 6 nitrogen and oxygen atoms in total. The summed E-state index contributed by atoms with van der Waals surface area (Å²) in [6, 6.07) is 3.99. The van der Waals surface area contributed by atoms with Gasteiger partial charge >= 0.3 is 0 Å². The Hall–Kier alpha value is -1.69. The van der Waals surface area contributed by atoms with Crippen molar-refractivity contribution in [3.8, 4) is 0 Å². The molecule has 1 aliphatic rings. The van der Waals surface area contributed by atoms with Crippen LogP contribution in [-0.2, 0) is 4.74 Å². The second-order valence-electron chi connectivity index (χ2n) is 4.68. The third-order valence-corrected chi connectivity index (χ3v) is 3.20. The quantitative estimate of drug-likeness (QED) is 0.755. The summed E-state index contributed by atoms with van der Waals surface area (Å²) in [6.45, 7) is 0.958. The number of hydrogen-bond donors (Lipinski definition) is 2. The summed E-state index contributed by atoms with van der Waals surface area (Å²) in [7, 11) is 1.59. The van der Waals surface area contributed by atoms with Crippen LogP contribution in [0.5, 0.6) is 0 Å². The average Bonchev–Trinajstić information content (AvgIpc) is 2.93. The second kappa shape index (κ2) is 7.04. The minimum absolute atomic E-state index is 0.225. The molecule has 6 heteroatoms. The zero-order valence-electron chi connectivity index (χ0n) is 11.2. The number of aromatic nitrogens is 2. The predicted octanol–water partition coefficient (Wildman–Crippen LogP) is 1.21. The summed E-state index contributed by atoms with van der Waals surface area (Å²) < 4.78 is 4.86. The van der Waals surface area contributed by atoms with E-state index < -0.39 is 0 Å². The lowest BCUT2D eigenvalue weighted by molar-refractivity contribution is 0.0931. The first kappa shape index (κ1) is 13.7. The molecule has 0 unspecified atom stereocenters. The van der Waals surface area contributed by atoms with Crippen LogP contribution in [-0.4, -0.2) is 42.4 Å². The Morgan fingerprint density at radius 2 is 2.16 bits per heavy atom. The first-order valence-corrected chi connectivity index (χ1v) is 6.67. The molecule has 2 N–H and O–H groups in total. The maximum Gasteiger partial charge on any atom is 0.271 e. The van der Waals surface area contributed by atoms with E-state index in [0.717, 1.165) is 5.82 Å². The molecule has 19 heavy (non-hydrogen) atoms. The third kappa shape index (κ3) is 4.17. The van der Waals surface area contributed by atoms with E-state index >= 15 is 0 Å². The highest BCUT2D eigenvalue weighted by atomic mass is 16.5. The maximum atomic E-state index is 11.7. The van der Waals surface area contributed by atoms with E-state index in [1.165, 1.54) is 25.7 Å². The largest absolute Gasteiger partial charge is 0.383 e. The Morgan fingerprint density at radius 3 is 2.79 bits per heavy atom. The number of ether oxygens (including phenoxy) is 1. The van der Waals surface area contributed by atoms with Crippen molar-refractivity contribution in [2.75, 3.05) is 25.6 Å². The summed E-state index contributed by atoms with van der Waals surface area (Å²) in [4.78, 5) is 11.7. The summed E-state index contributed by atoms with van der Waals surface area (Å²) >= 11 is 0. The minimum atomic E-state index is -0.225. The van der Waals surface area contributed by atoms with Crippen molar-refractivity contribution < 1.29 is 9.53 Å². The molecular formula is C13H20N4O2. The fourth-order valence-corrected chi connectivity index (χ4v) is 2.17. The van der Waals surface area contributed by atoms with Gasteiger partial charge in [-0.2, -0.15) is 0 Å². The highest BCUT2D eigenvalue weighted by Gasteiger charge is 2.15. The molecule has 1 amide bonds. The van der Waals surface area contributed by atoms with Crippen molar-refractivity contribution in [2.45, 2.75) is 31.7 Å². The molecule has 0 bridgehead atoms. The van der Waals surface area contributed by atoms with Crippen LogP contribution in [0.4, 0.5) is 5.82 Å². The van der Waals surface area contributed by atoms with Gasteiger partial charge in [-0.05, 0) is 25.0 Å². The molecule has 0 atom stereocenters. The van der Waals surface area contributed by atoms with Gasteiger partial charge < -0.3 is 15.4 Å². The number of carbonyl (C=O) groups excluding carboxylic acids is 1. The number of nitrogens with zero attached hydrogens (tertiary/aromatic N) is 2. The highest BCUT2D eigenvalue weighted by molar-refractivity contribution is 5.92. The first-order chi connectivity index (χ1) is 9.29. The van der Waals surface area contributed by atoms with Crippen molar-refractivity contribution in [3.63, 3.8) is 0 Å². The van der Waals surface area contributed by atoms with Gasteiger partial charge in [0.15, 0.2) is 5.69 Å². The van der Waals surface area contributed by atoms with Gasteiger partial charge in [-0.15, -0.1) is 10.2 Å². The minimum Gasteiger partial charge on any atom is -0.383 e. The summed E-state index contributed by atoms with van der Waals surface area (Å²) in [5.74, 6) is 0.511. The van der Waals surface area contributed by atoms with Gasteiger partial charge in [0.2, 0.25) is 0 Å². The lowest BCUT2D eigenvalue weighted by Gasteiger charge is -2.11. The Labute approximate surface area is 112 Å². The highest BCUT2D eigenvalue weighted by Crippen LogP contribution is 2.20. The fraction of sp³-hybridized carbons (Fsp3) is 0.615. The number of nitrogens with one attached hydrogen (secondary N) is 2. The standard InChI is InChI=1S/C13H20N4O2/c1-19-9-8-14-13(18)11-6-7-12(17-16-11)15-10-4-2-3-5-10/h6-7,10H,2-5,8-9H2,1H3,(H,14,18)(H,15,17). The van der Waals surface area contributed by atoms with E-state index in [4.69, 9.17) is 4.74 Å². The van der Waals surface area contributed by atoms with Crippen LogP contribution in [0.15, 0.2) is 12.1 Å². The number of methoxy groups -OCH3 is 1. The average molecular weight is 264 g/mol. The maximum absolute atomic E-state index is 11.7. The van der Waals surface area contributed by atoms with Crippen LogP contribution in [0.2, 0.25) is 0 Å². The van der Waals surface area contributed by atoms with Gasteiger partial charge in [0.1, 0.15) is 5.82 Å². The first-order valence-electron chi connectivity index (χ1n) is 6.67. The zero-order chi connectivity index (χ0) is 13.5. The van der Waals surface area contributed by atoms with E-state index in [9.17, 15) is 4.79 Å². The van der Waals surface area contributed by atoms with E-state index in [1.54, 1.807) is 19.2 Å². The molecule has 1 saturated carbocycles. The third-order valence-electron chi connectivity index (χ3n) is 3.20. The van der Waals surface area contributed by atoms with Crippen molar-refractivity contribution in [2.24, 2.45) is 0 Å². The Bertz CT molecular complexity index is 402. The molecular weight excluding hydrogens is 244 g/mol. The van der Waals surface area contributed by atoms with Gasteiger partial charge in [-0.25, -0.2) is 0 Å². The predicted molar refractivity (Wildman–Crippen MR) is 72.1 cm³/mol. The normalized spacial score (nSPS) is 15.4. The molecule has 2 rings (SSSR count). The topological polar surface area (TPSA) is 76.1 Å². The molecule has 1 aliphatic carbocycles. The summed E-state index contributed by atoms with van der Waals surface area (Å²) in [5, 5.41) is 14.0. The molecule has 0 aromatic carbocycles. The van der Waals surface area contributed by atoms with Gasteiger partial charge in [0, 0.05) is 19.7 Å². The molecule has 0 spiro atoms. The van der Waals surface area contributed by atoms with Gasteiger partial charge in [0.25, 0.3) is 5.91 Å². The molecule has 0 saturated heterocycles. The number of carbonyl (C=O) groups is 1. The lowest BCUT2D eigenvalue weighted by Crippen LogP contribution is -2.28. The SMILES string of the molecule is COCCNC(=O)c1ccc(NC2CCCC2)nn1. The van der Waals surface area contributed by atoms with Gasteiger partial charge in [-0.3, -0.25) is 4.79 Å². The smallest absolute Gasteiger partial charge is 0.271 e. The summed E-state index contributed by atoms with van der Waals surface area (Å²) in [5.41, 5.74) is 0.327. The molecule has 1 fully saturated rings. The van der Waals surface area contributed by atoms with Gasteiger partial charge in [0.05, 0.1) is 6.61 Å². The fourth-order valence-electron chi connectivity index (χ4n) is 2.17. The molecule has 0 aliphatic heterocycles. The molecule has 1 aromatic rings. The monoisotopic (exact) mass is 264 g/mol. The Morgan fingerprint density at radius 1 is 1.37 bits per heavy atom. The second-order valence-corrected chi connectivity index (χ2v) is 4.68. The molecule has 1 aromatic heterocycles. The van der Waals surface area contributed by atoms with Crippen molar-refractivity contribution in [1.29, 1.82) is 0 Å². The van der Waals surface area contributed by atoms with Crippen LogP contribution in [0.1, 0.15) is 36.2 Å². The van der Waals surface area contributed by atoms with E-state index in [2.05, 4.69) is 20.8 Å². The number of anilines is 1. The molecule has 0 radical (unpaired) electrons. The number of amides is 1. The number of hydrogen-bond acceptors (Lipinski definition) is 5. The van der Waals surface area contributed by atoms with Crippen LogP contribution in [0.25, 0.3) is 0 Å². The number of rotatable bonds is 6. The van der Waals surface area contributed by atoms with E-state index in [0.29, 0.717) is 24.9 Å². The Kier molecular flexibility index (Phi) is 5.09. The van der Waals surface area contributed by atoms with Crippen molar-refractivity contribution in [1.82, 2.24) is 15.5 Å². The summed E-state index contributed by atoms with van der Waals surface area (Å²) in [6.07, 6.45) is 4.90. The Balaban J connectivity index is 1.84.